The first-order chi connectivity index (χ1) is 10.0. The summed E-state index contributed by atoms with van der Waals surface area (Å²) in [6.45, 7) is 0. The van der Waals surface area contributed by atoms with E-state index < -0.39 is 11.6 Å². The second kappa shape index (κ2) is 5.60. The van der Waals surface area contributed by atoms with Gasteiger partial charge in [-0.1, -0.05) is 29.8 Å². The van der Waals surface area contributed by atoms with Crippen LogP contribution in [0, 0.1) is 17.5 Å². The minimum absolute atomic E-state index is 0.00654. The Kier molecular flexibility index (Phi) is 3.81. The van der Waals surface area contributed by atoms with Crippen molar-refractivity contribution in [1.82, 2.24) is 0 Å². The second-order valence-corrected chi connectivity index (χ2v) is 5.68. The van der Waals surface area contributed by atoms with Crippen LogP contribution in [0.25, 0.3) is 0 Å². The molecule has 0 spiro atoms. The highest BCUT2D eigenvalue weighted by molar-refractivity contribution is 6.33. The highest BCUT2D eigenvalue weighted by atomic mass is 35.5. The maximum atomic E-state index is 13.7. The Balaban J connectivity index is 1.67. The molecule has 2 aromatic rings. The topological polar surface area (TPSA) is 12.0 Å². The van der Waals surface area contributed by atoms with Crippen LogP contribution < -0.4 is 5.32 Å². The maximum absolute atomic E-state index is 13.7. The van der Waals surface area contributed by atoms with Crippen molar-refractivity contribution in [2.75, 3.05) is 5.32 Å². The molecule has 5 heteroatoms. The van der Waals surface area contributed by atoms with Crippen molar-refractivity contribution in [1.29, 1.82) is 0 Å². The highest BCUT2D eigenvalue weighted by Crippen LogP contribution is 2.40. The third-order valence-electron chi connectivity index (χ3n) is 3.84. The van der Waals surface area contributed by atoms with E-state index in [2.05, 4.69) is 5.32 Å². The minimum Gasteiger partial charge on any atom is -0.379 e. The average molecular weight is 312 g/mol. The van der Waals surface area contributed by atoms with Crippen LogP contribution in [0.1, 0.15) is 24.3 Å². The van der Waals surface area contributed by atoms with Gasteiger partial charge in [0.2, 0.25) is 0 Å². The van der Waals surface area contributed by atoms with Gasteiger partial charge in [0.15, 0.2) is 5.82 Å². The van der Waals surface area contributed by atoms with Crippen LogP contribution in [0.3, 0.4) is 0 Å². The maximum Gasteiger partial charge on any atom is 0.150 e. The molecular formula is C16H13ClF3N. The van der Waals surface area contributed by atoms with Gasteiger partial charge in [0, 0.05) is 12.1 Å². The lowest BCUT2D eigenvalue weighted by molar-refractivity contribution is 0.362. The van der Waals surface area contributed by atoms with E-state index >= 15 is 0 Å². The zero-order chi connectivity index (χ0) is 15.0. The van der Waals surface area contributed by atoms with Crippen LogP contribution in [0.15, 0.2) is 36.4 Å². The van der Waals surface area contributed by atoms with Gasteiger partial charge in [0.25, 0.3) is 0 Å². The third kappa shape index (κ3) is 2.86. The van der Waals surface area contributed by atoms with E-state index in [4.69, 9.17) is 11.6 Å². The average Bonchev–Trinajstić information content (AvgIpc) is 2.37. The van der Waals surface area contributed by atoms with E-state index in [0.29, 0.717) is 18.4 Å². The zero-order valence-electron chi connectivity index (χ0n) is 11.0. The molecule has 1 fully saturated rings. The van der Waals surface area contributed by atoms with E-state index in [1.807, 2.05) is 0 Å². The van der Waals surface area contributed by atoms with Gasteiger partial charge in [-0.05, 0) is 36.5 Å². The molecule has 110 valence electrons. The molecular weight excluding hydrogens is 299 g/mol. The zero-order valence-corrected chi connectivity index (χ0v) is 11.8. The normalized spacial score (nSPS) is 21.0. The van der Waals surface area contributed by atoms with E-state index in [0.717, 1.165) is 12.1 Å². The van der Waals surface area contributed by atoms with Gasteiger partial charge >= 0.3 is 0 Å². The summed E-state index contributed by atoms with van der Waals surface area (Å²) >= 11 is 5.84. The second-order valence-electron chi connectivity index (χ2n) is 5.28. The summed E-state index contributed by atoms with van der Waals surface area (Å²) in [7, 11) is 0. The summed E-state index contributed by atoms with van der Waals surface area (Å²) < 4.78 is 40.3. The molecule has 0 unspecified atom stereocenters. The third-order valence-corrected chi connectivity index (χ3v) is 4.14. The SMILES string of the molecule is Fc1cc(F)c(NC2CC(c3ccccc3F)C2)c(Cl)c1. The lowest BCUT2D eigenvalue weighted by atomic mass is 9.75. The fourth-order valence-corrected chi connectivity index (χ4v) is 2.93. The van der Waals surface area contributed by atoms with Gasteiger partial charge in [-0.2, -0.15) is 0 Å². The Morgan fingerprint density at radius 1 is 1.00 bits per heavy atom. The first kappa shape index (κ1) is 14.3. The number of halogens is 4. The van der Waals surface area contributed by atoms with Gasteiger partial charge in [0.05, 0.1) is 10.7 Å². The van der Waals surface area contributed by atoms with Crippen molar-refractivity contribution in [2.24, 2.45) is 0 Å². The molecule has 0 aromatic heterocycles. The molecule has 1 nitrogen and oxygen atoms in total. The Morgan fingerprint density at radius 3 is 2.38 bits per heavy atom. The van der Waals surface area contributed by atoms with Gasteiger partial charge in [0.1, 0.15) is 11.6 Å². The highest BCUT2D eigenvalue weighted by Gasteiger charge is 2.32. The molecule has 0 radical (unpaired) electrons. The number of nitrogens with one attached hydrogen (secondary N) is 1. The number of rotatable bonds is 3. The predicted molar refractivity (Wildman–Crippen MR) is 77.2 cm³/mol. The predicted octanol–water partition coefficient (Wildman–Crippen LogP) is 5.12. The molecule has 0 aliphatic heterocycles. The number of hydrogen-bond acceptors (Lipinski definition) is 1. The first-order valence-corrected chi connectivity index (χ1v) is 7.08. The standard InChI is InChI=1S/C16H13ClF3N/c17-13-7-10(18)8-15(20)16(13)21-11-5-9(6-11)12-3-1-2-4-14(12)19/h1-4,7-9,11,21H,5-6H2. The smallest absolute Gasteiger partial charge is 0.150 e. The molecule has 1 aliphatic rings. The largest absolute Gasteiger partial charge is 0.379 e. The molecule has 0 saturated heterocycles. The molecule has 1 N–H and O–H groups in total. The summed E-state index contributed by atoms with van der Waals surface area (Å²) in [5, 5.41) is 2.98. The van der Waals surface area contributed by atoms with Crippen LogP contribution >= 0.6 is 11.6 Å². The Hall–Kier alpha value is -1.68. The lowest BCUT2D eigenvalue weighted by Crippen LogP contribution is -2.34. The summed E-state index contributed by atoms with van der Waals surface area (Å²) in [5.41, 5.74) is 0.788. The fraction of sp³-hybridized carbons (Fsp3) is 0.250. The molecule has 1 saturated carbocycles. The number of hydrogen-bond donors (Lipinski definition) is 1. The van der Waals surface area contributed by atoms with Gasteiger partial charge in [-0.3, -0.25) is 0 Å². The van der Waals surface area contributed by atoms with E-state index in [-0.39, 0.29) is 28.5 Å². The molecule has 0 heterocycles. The van der Waals surface area contributed by atoms with Crippen molar-refractivity contribution >= 4 is 17.3 Å². The minimum atomic E-state index is -0.714. The van der Waals surface area contributed by atoms with Crippen molar-refractivity contribution in [3.05, 3.63) is 64.4 Å². The van der Waals surface area contributed by atoms with Gasteiger partial charge < -0.3 is 5.32 Å². The van der Waals surface area contributed by atoms with Crippen LogP contribution in [0.2, 0.25) is 5.02 Å². The van der Waals surface area contributed by atoms with Crippen molar-refractivity contribution in [3.8, 4) is 0 Å². The quantitative estimate of drug-likeness (QED) is 0.830. The Bertz CT molecular complexity index is 645. The molecule has 0 amide bonds. The van der Waals surface area contributed by atoms with Crippen molar-refractivity contribution < 1.29 is 13.2 Å². The Labute approximate surface area is 125 Å². The Morgan fingerprint density at radius 2 is 1.71 bits per heavy atom. The van der Waals surface area contributed by atoms with Crippen LogP contribution in [-0.4, -0.2) is 6.04 Å². The van der Waals surface area contributed by atoms with E-state index in [1.54, 1.807) is 18.2 Å². The lowest BCUT2D eigenvalue weighted by Gasteiger charge is -2.37. The summed E-state index contributed by atoms with van der Waals surface area (Å²) in [6.07, 6.45) is 1.38. The summed E-state index contributed by atoms with van der Waals surface area (Å²) in [4.78, 5) is 0. The van der Waals surface area contributed by atoms with Crippen LogP contribution in [0.4, 0.5) is 18.9 Å². The van der Waals surface area contributed by atoms with Crippen LogP contribution in [-0.2, 0) is 0 Å². The van der Waals surface area contributed by atoms with Crippen LogP contribution in [0.5, 0.6) is 0 Å². The number of anilines is 1. The monoisotopic (exact) mass is 311 g/mol. The summed E-state index contributed by atoms with van der Waals surface area (Å²) in [6, 6.07) is 8.53. The summed E-state index contributed by atoms with van der Waals surface area (Å²) in [5.74, 6) is -1.52. The van der Waals surface area contributed by atoms with Gasteiger partial charge in [-0.15, -0.1) is 0 Å². The van der Waals surface area contributed by atoms with E-state index in [1.165, 1.54) is 6.07 Å². The van der Waals surface area contributed by atoms with Gasteiger partial charge in [-0.25, -0.2) is 13.2 Å². The molecule has 1 aliphatic carbocycles. The molecule has 21 heavy (non-hydrogen) atoms. The molecule has 0 bridgehead atoms. The van der Waals surface area contributed by atoms with Crippen molar-refractivity contribution in [3.63, 3.8) is 0 Å². The van der Waals surface area contributed by atoms with Crippen molar-refractivity contribution in [2.45, 2.75) is 24.8 Å². The molecule has 0 atom stereocenters. The fourth-order valence-electron chi connectivity index (χ4n) is 2.68. The first-order valence-electron chi connectivity index (χ1n) is 6.70. The number of benzene rings is 2. The molecule has 2 aromatic carbocycles. The van der Waals surface area contributed by atoms with E-state index in [9.17, 15) is 13.2 Å². The molecule has 3 rings (SSSR count).